The Kier molecular flexibility index (Phi) is 4.66. The molecule has 1 aromatic heterocycles. The van der Waals surface area contributed by atoms with Crippen LogP contribution in [-0.2, 0) is 11.2 Å². The quantitative estimate of drug-likeness (QED) is 0.867. The Morgan fingerprint density at radius 2 is 2.28 bits per heavy atom. The topological polar surface area (TPSA) is 47.0 Å². The van der Waals surface area contributed by atoms with Gasteiger partial charge >= 0.3 is 0 Å². The lowest BCUT2D eigenvalue weighted by molar-refractivity contribution is 0.177. The first-order valence-electron chi connectivity index (χ1n) is 6.90. The van der Waals surface area contributed by atoms with Gasteiger partial charge in [-0.1, -0.05) is 13.8 Å². The fraction of sp³-hybridized carbons (Fsp3) is 0.714. The van der Waals surface area contributed by atoms with Crippen molar-refractivity contribution in [3.8, 4) is 0 Å². The Labute approximate surface area is 109 Å². The van der Waals surface area contributed by atoms with Gasteiger partial charge in [0.25, 0.3) is 0 Å². The molecular formula is C14H23N3O. The highest BCUT2D eigenvalue weighted by Gasteiger charge is 2.28. The first-order chi connectivity index (χ1) is 8.76. The van der Waals surface area contributed by atoms with E-state index in [9.17, 15) is 0 Å². The van der Waals surface area contributed by atoms with Crippen molar-refractivity contribution in [1.82, 2.24) is 15.5 Å². The summed E-state index contributed by atoms with van der Waals surface area (Å²) < 4.78 is 5.53. The lowest BCUT2D eigenvalue weighted by Crippen LogP contribution is -2.30. The monoisotopic (exact) mass is 249 g/mol. The van der Waals surface area contributed by atoms with Crippen molar-refractivity contribution in [3.63, 3.8) is 0 Å². The smallest absolute Gasteiger partial charge is 0.0676 e. The van der Waals surface area contributed by atoms with Crippen LogP contribution >= 0.6 is 0 Å². The Hall–Kier alpha value is -1.00. The highest BCUT2D eigenvalue weighted by atomic mass is 16.5. The lowest BCUT2D eigenvalue weighted by atomic mass is 9.90. The molecule has 2 atom stereocenters. The Morgan fingerprint density at radius 1 is 1.44 bits per heavy atom. The predicted octanol–water partition coefficient (Wildman–Crippen LogP) is 2.03. The molecule has 2 unspecified atom stereocenters. The van der Waals surface area contributed by atoms with Gasteiger partial charge in [0.05, 0.1) is 18.0 Å². The third-order valence-electron chi connectivity index (χ3n) is 3.56. The number of rotatable bonds is 5. The molecule has 1 aliphatic heterocycles. The van der Waals surface area contributed by atoms with Gasteiger partial charge in [0, 0.05) is 18.6 Å². The van der Waals surface area contributed by atoms with Gasteiger partial charge in [0.1, 0.15) is 0 Å². The van der Waals surface area contributed by atoms with E-state index in [2.05, 4.69) is 35.4 Å². The maximum atomic E-state index is 5.53. The normalized spacial score (nSPS) is 21.2. The third kappa shape index (κ3) is 2.87. The van der Waals surface area contributed by atoms with E-state index in [1.54, 1.807) is 0 Å². The molecule has 1 N–H and O–H groups in total. The summed E-state index contributed by atoms with van der Waals surface area (Å²) in [5.74, 6) is 0.554. The largest absolute Gasteiger partial charge is 0.381 e. The van der Waals surface area contributed by atoms with Gasteiger partial charge in [-0.3, -0.25) is 0 Å². The van der Waals surface area contributed by atoms with Gasteiger partial charge in [-0.25, -0.2) is 0 Å². The molecule has 4 nitrogen and oxygen atoms in total. The van der Waals surface area contributed by atoms with Crippen LogP contribution in [0, 0.1) is 12.8 Å². The van der Waals surface area contributed by atoms with Crippen LogP contribution < -0.4 is 5.32 Å². The van der Waals surface area contributed by atoms with E-state index in [4.69, 9.17) is 4.74 Å². The van der Waals surface area contributed by atoms with E-state index in [-0.39, 0.29) is 0 Å². The highest BCUT2D eigenvalue weighted by molar-refractivity contribution is 5.25. The van der Waals surface area contributed by atoms with Crippen molar-refractivity contribution in [3.05, 3.63) is 23.0 Å². The first kappa shape index (κ1) is 13.4. The summed E-state index contributed by atoms with van der Waals surface area (Å²) >= 11 is 0. The van der Waals surface area contributed by atoms with Crippen LogP contribution in [0.3, 0.4) is 0 Å². The summed E-state index contributed by atoms with van der Waals surface area (Å²) in [5, 5.41) is 12.1. The second-order valence-corrected chi connectivity index (χ2v) is 4.90. The fourth-order valence-corrected chi connectivity index (χ4v) is 2.64. The molecule has 0 saturated carbocycles. The zero-order valence-corrected chi connectivity index (χ0v) is 11.6. The molecule has 0 radical (unpaired) electrons. The second-order valence-electron chi connectivity index (χ2n) is 4.90. The molecule has 1 aliphatic rings. The molecule has 100 valence electrons. The third-order valence-corrected chi connectivity index (χ3v) is 3.56. The molecule has 0 aliphatic carbocycles. The maximum Gasteiger partial charge on any atom is 0.0676 e. The van der Waals surface area contributed by atoms with Crippen LogP contribution in [0.4, 0.5) is 0 Å². The molecule has 4 heteroatoms. The molecule has 18 heavy (non-hydrogen) atoms. The van der Waals surface area contributed by atoms with Crippen LogP contribution in [0.15, 0.2) is 6.07 Å². The van der Waals surface area contributed by atoms with E-state index in [1.165, 1.54) is 5.56 Å². The summed E-state index contributed by atoms with van der Waals surface area (Å²) in [6, 6.07) is 2.53. The van der Waals surface area contributed by atoms with Gasteiger partial charge < -0.3 is 10.1 Å². The number of hydrogen-bond acceptors (Lipinski definition) is 4. The molecule has 2 rings (SSSR count). The van der Waals surface area contributed by atoms with Crippen molar-refractivity contribution in [1.29, 1.82) is 0 Å². The van der Waals surface area contributed by atoms with Gasteiger partial charge in [0.2, 0.25) is 0 Å². The summed E-state index contributed by atoms with van der Waals surface area (Å²) in [4.78, 5) is 0. The van der Waals surface area contributed by atoms with Crippen molar-refractivity contribution in [2.24, 2.45) is 5.92 Å². The molecule has 0 aromatic carbocycles. The SMILES string of the molecule is CCNC(c1cc(C)nnc1CC)C1CCOC1. The number of aryl methyl sites for hydroxylation is 2. The van der Waals surface area contributed by atoms with Gasteiger partial charge in [-0.15, -0.1) is 0 Å². The van der Waals surface area contributed by atoms with Crippen LogP contribution in [-0.4, -0.2) is 30.0 Å². The highest BCUT2D eigenvalue weighted by Crippen LogP contribution is 2.30. The minimum atomic E-state index is 0.349. The minimum Gasteiger partial charge on any atom is -0.381 e. The van der Waals surface area contributed by atoms with E-state index in [0.29, 0.717) is 12.0 Å². The fourth-order valence-electron chi connectivity index (χ4n) is 2.64. The van der Waals surface area contributed by atoms with E-state index in [1.807, 2.05) is 6.92 Å². The maximum absolute atomic E-state index is 5.53. The summed E-state index contributed by atoms with van der Waals surface area (Å²) in [5.41, 5.74) is 3.41. The number of hydrogen-bond donors (Lipinski definition) is 1. The van der Waals surface area contributed by atoms with Crippen LogP contribution in [0.5, 0.6) is 0 Å². The minimum absolute atomic E-state index is 0.349. The summed E-state index contributed by atoms with van der Waals surface area (Å²) in [6.07, 6.45) is 2.06. The molecule has 0 amide bonds. The summed E-state index contributed by atoms with van der Waals surface area (Å²) in [7, 11) is 0. The van der Waals surface area contributed by atoms with Gasteiger partial charge in [0.15, 0.2) is 0 Å². The van der Waals surface area contributed by atoms with Gasteiger partial charge in [-0.05, 0) is 37.9 Å². The van der Waals surface area contributed by atoms with Crippen LogP contribution in [0.1, 0.15) is 43.3 Å². The van der Waals surface area contributed by atoms with E-state index in [0.717, 1.165) is 44.0 Å². The number of aromatic nitrogens is 2. The van der Waals surface area contributed by atoms with Crippen molar-refractivity contribution in [2.75, 3.05) is 19.8 Å². The molecule has 0 spiro atoms. The van der Waals surface area contributed by atoms with Crippen molar-refractivity contribution < 1.29 is 4.74 Å². The second kappa shape index (κ2) is 6.25. The zero-order valence-electron chi connectivity index (χ0n) is 11.6. The molecule has 0 bridgehead atoms. The zero-order chi connectivity index (χ0) is 13.0. The van der Waals surface area contributed by atoms with Crippen molar-refractivity contribution in [2.45, 2.75) is 39.7 Å². The average molecular weight is 249 g/mol. The van der Waals surface area contributed by atoms with E-state index < -0.39 is 0 Å². The molecular weight excluding hydrogens is 226 g/mol. The molecule has 1 aromatic rings. The average Bonchev–Trinajstić information content (AvgIpc) is 2.89. The first-order valence-corrected chi connectivity index (χ1v) is 6.90. The molecule has 1 fully saturated rings. The van der Waals surface area contributed by atoms with Crippen molar-refractivity contribution >= 4 is 0 Å². The lowest BCUT2D eigenvalue weighted by Gasteiger charge is -2.25. The molecule has 2 heterocycles. The van der Waals surface area contributed by atoms with Crippen LogP contribution in [0.2, 0.25) is 0 Å². The summed E-state index contributed by atoms with van der Waals surface area (Å²) in [6.45, 7) is 8.98. The number of ether oxygens (including phenoxy) is 1. The van der Waals surface area contributed by atoms with Gasteiger partial charge in [-0.2, -0.15) is 10.2 Å². The van der Waals surface area contributed by atoms with E-state index >= 15 is 0 Å². The Morgan fingerprint density at radius 3 is 2.89 bits per heavy atom. The number of nitrogens with one attached hydrogen (secondary N) is 1. The standard InChI is InChI=1S/C14H23N3O/c1-4-13-12(8-10(3)16-17-13)14(15-5-2)11-6-7-18-9-11/h8,11,14-15H,4-7,9H2,1-3H3. The number of nitrogens with zero attached hydrogens (tertiary/aromatic N) is 2. The Balaban J connectivity index is 2.31. The predicted molar refractivity (Wildman–Crippen MR) is 71.5 cm³/mol. The Bertz CT molecular complexity index is 389. The van der Waals surface area contributed by atoms with Crippen LogP contribution in [0.25, 0.3) is 0 Å². The molecule has 1 saturated heterocycles.